The highest BCUT2D eigenvalue weighted by molar-refractivity contribution is 6.07. The molecule has 0 atom stereocenters. The summed E-state index contributed by atoms with van der Waals surface area (Å²) in [4.78, 5) is 22.0. The van der Waals surface area contributed by atoms with E-state index in [1.54, 1.807) is 6.92 Å². The molecule has 1 heterocycles. The first-order valence-electron chi connectivity index (χ1n) is 4.08. The predicted octanol–water partition coefficient (Wildman–Crippen LogP) is 1.58. The highest BCUT2D eigenvalue weighted by Crippen LogP contribution is 2.20. The fourth-order valence-electron chi connectivity index (χ4n) is 1.13. The molecule has 0 N–H and O–H groups in total. The van der Waals surface area contributed by atoms with Crippen LogP contribution in [-0.4, -0.2) is 11.8 Å². The summed E-state index contributed by atoms with van der Waals surface area (Å²) in [6.45, 7) is 3.69. The van der Waals surface area contributed by atoms with Gasteiger partial charge >= 0.3 is 5.97 Å². The zero-order valence-corrected chi connectivity index (χ0v) is 7.35. The maximum atomic E-state index is 11.1. The number of esters is 1. The van der Waals surface area contributed by atoms with Crippen molar-refractivity contribution in [1.29, 1.82) is 0 Å². The van der Waals surface area contributed by atoms with Crippen molar-refractivity contribution < 1.29 is 14.3 Å². The first kappa shape index (κ1) is 8.97. The number of carbonyl (C=O) groups excluding carboxylic acids is 2. The summed E-state index contributed by atoms with van der Waals surface area (Å²) in [6, 6.07) is 0. The monoisotopic (exact) mass is 168 g/mol. The Hall–Kier alpha value is -1.12. The number of Topliss-reactive ketones (excluding diaryl/α,β-unsaturated/α-hetero) is 1. The second-order valence-electron chi connectivity index (χ2n) is 2.87. The summed E-state index contributed by atoms with van der Waals surface area (Å²) in [5.41, 5.74) is 0.608. The highest BCUT2D eigenvalue weighted by atomic mass is 16.5. The molecule has 0 spiro atoms. The molecule has 66 valence electrons. The molecule has 0 aromatic rings. The van der Waals surface area contributed by atoms with Crippen molar-refractivity contribution >= 4 is 11.8 Å². The van der Waals surface area contributed by atoms with Crippen LogP contribution in [-0.2, 0) is 14.3 Å². The number of carbonyl (C=O) groups is 2. The summed E-state index contributed by atoms with van der Waals surface area (Å²) in [6.07, 6.45) is 1.45. The number of cyclic esters (lactones) is 1. The minimum atomic E-state index is -0.422. The van der Waals surface area contributed by atoms with Crippen LogP contribution >= 0.6 is 0 Å². The molecule has 0 fully saturated rings. The third-order valence-corrected chi connectivity index (χ3v) is 1.86. The van der Waals surface area contributed by atoms with Crippen LogP contribution in [0.15, 0.2) is 11.3 Å². The third kappa shape index (κ3) is 1.72. The van der Waals surface area contributed by atoms with Crippen LogP contribution in [0.5, 0.6) is 0 Å². The summed E-state index contributed by atoms with van der Waals surface area (Å²) in [5, 5.41) is 0. The van der Waals surface area contributed by atoms with E-state index in [-0.39, 0.29) is 12.2 Å². The number of hydrogen-bond donors (Lipinski definition) is 0. The lowest BCUT2D eigenvalue weighted by Crippen LogP contribution is -2.20. The first-order valence-corrected chi connectivity index (χ1v) is 4.08. The summed E-state index contributed by atoms with van der Waals surface area (Å²) >= 11 is 0. The maximum Gasteiger partial charge on any atom is 0.318 e. The number of hydrogen-bond acceptors (Lipinski definition) is 3. The molecule has 0 radical (unpaired) electrons. The van der Waals surface area contributed by atoms with Crippen LogP contribution < -0.4 is 0 Å². The van der Waals surface area contributed by atoms with Crippen molar-refractivity contribution in [3.8, 4) is 0 Å². The standard InChI is InChI=1S/C9H12O3/c1-3-4-8-6(2)7(10)5-9(11)12-8/h3-5H2,1-2H3. The molecule has 0 aromatic heterocycles. The average molecular weight is 168 g/mol. The van der Waals surface area contributed by atoms with E-state index in [0.717, 1.165) is 6.42 Å². The lowest BCUT2D eigenvalue weighted by atomic mass is 10.0. The lowest BCUT2D eigenvalue weighted by molar-refractivity contribution is -0.144. The van der Waals surface area contributed by atoms with E-state index < -0.39 is 5.97 Å². The number of allylic oxidation sites excluding steroid dienone is 2. The topological polar surface area (TPSA) is 43.4 Å². The lowest BCUT2D eigenvalue weighted by Gasteiger charge is -2.15. The van der Waals surface area contributed by atoms with Crippen LogP contribution in [0.1, 0.15) is 33.1 Å². The van der Waals surface area contributed by atoms with Crippen LogP contribution in [0.4, 0.5) is 0 Å². The molecule has 0 aromatic carbocycles. The molecule has 0 aliphatic carbocycles. The Kier molecular flexibility index (Phi) is 2.63. The van der Waals surface area contributed by atoms with Gasteiger partial charge in [-0.2, -0.15) is 0 Å². The molecule has 0 unspecified atom stereocenters. The Bertz CT molecular complexity index is 250. The van der Waals surface area contributed by atoms with Crippen molar-refractivity contribution in [3.63, 3.8) is 0 Å². The maximum absolute atomic E-state index is 11.1. The van der Waals surface area contributed by atoms with Gasteiger partial charge in [-0.15, -0.1) is 0 Å². The molecule has 1 aliphatic rings. The first-order chi connectivity index (χ1) is 5.65. The number of rotatable bonds is 2. The zero-order valence-electron chi connectivity index (χ0n) is 7.35. The van der Waals surface area contributed by atoms with Crippen LogP contribution in [0.2, 0.25) is 0 Å². The minimum absolute atomic E-state index is 0.0982. The summed E-state index contributed by atoms with van der Waals surface area (Å²) in [5.74, 6) is 0.0301. The van der Waals surface area contributed by atoms with E-state index in [0.29, 0.717) is 17.8 Å². The quantitative estimate of drug-likeness (QED) is 0.464. The molecule has 12 heavy (non-hydrogen) atoms. The third-order valence-electron chi connectivity index (χ3n) is 1.86. The van der Waals surface area contributed by atoms with Gasteiger partial charge in [-0.25, -0.2) is 0 Å². The van der Waals surface area contributed by atoms with Crippen LogP contribution in [0.3, 0.4) is 0 Å². The molecule has 1 rings (SSSR count). The smallest absolute Gasteiger partial charge is 0.318 e. The molecule has 0 bridgehead atoms. The molecular formula is C9H12O3. The van der Waals surface area contributed by atoms with E-state index in [4.69, 9.17) is 4.74 Å². The van der Waals surface area contributed by atoms with Gasteiger partial charge in [0.1, 0.15) is 12.2 Å². The van der Waals surface area contributed by atoms with Crippen molar-refractivity contribution in [2.45, 2.75) is 33.1 Å². The van der Waals surface area contributed by atoms with Gasteiger partial charge in [-0.05, 0) is 13.3 Å². The molecule has 3 heteroatoms. The van der Waals surface area contributed by atoms with Crippen molar-refractivity contribution in [3.05, 3.63) is 11.3 Å². The van der Waals surface area contributed by atoms with Gasteiger partial charge in [0.15, 0.2) is 5.78 Å². The van der Waals surface area contributed by atoms with Gasteiger partial charge in [0.05, 0.1) is 0 Å². The van der Waals surface area contributed by atoms with Gasteiger partial charge < -0.3 is 4.74 Å². The van der Waals surface area contributed by atoms with Crippen molar-refractivity contribution in [2.24, 2.45) is 0 Å². The average Bonchev–Trinajstić information content (AvgIpc) is 2.00. The van der Waals surface area contributed by atoms with Gasteiger partial charge in [-0.3, -0.25) is 9.59 Å². The van der Waals surface area contributed by atoms with Crippen molar-refractivity contribution in [2.75, 3.05) is 0 Å². The van der Waals surface area contributed by atoms with Gasteiger partial charge in [-0.1, -0.05) is 6.92 Å². The Morgan fingerprint density at radius 1 is 1.42 bits per heavy atom. The molecular weight excluding hydrogens is 156 g/mol. The fraction of sp³-hybridized carbons (Fsp3) is 0.556. The SMILES string of the molecule is CCCC1=C(C)C(=O)CC(=O)O1. The second kappa shape index (κ2) is 3.52. The Morgan fingerprint density at radius 3 is 2.67 bits per heavy atom. The zero-order chi connectivity index (χ0) is 9.14. The molecule has 0 saturated heterocycles. The van der Waals surface area contributed by atoms with E-state index in [1.807, 2.05) is 6.92 Å². The number of ether oxygens (including phenoxy) is 1. The molecule has 0 saturated carbocycles. The van der Waals surface area contributed by atoms with E-state index in [2.05, 4.69) is 0 Å². The molecule has 0 amide bonds. The highest BCUT2D eigenvalue weighted by Gasteiger charge is 2.23. The van der Waals surface area contributed by atoms with Crippen LogP contribution in [0.25, 0.3) is 0 Å². The molecule has 1 aliphatic heterocycles. The second-order valence-corrected chi connectivity index (χ2v) is 2.87. The Balaban J connectivity index is 2.85. The van der Waals surface area contributed by atoms with Crippen molar-refractivity contribution in [1.82, 2.24) is 0 Å². The van der Waals surface area contributed by atoms with Crippen LogP contribution in [0, 0.1) is 0 Å². The minimum Gasteiger partial charge on any atom is -0.430 e. The number of ketones is 1. The van der Waals surface area contributed by atoms with E-state index in [1.165, 1.54) is 0 Å². The van der Waals surface area contributed by atoms with E-state index >= 15 is 0 Å². The normalized spacial score (nSPS) is 18.2. The largest absolute Gasteiger partial charge is 0.430 e. The van der Waals surface area contributed by atoms with Gasteiger partial charge in [0, 0.05) is 12.0 Å². The summed E-state index contributed by atoms with van der Waals surface area (Å²) < 4.78 is 4.93. The summed E-state index contributed by atoms with van der Waals surface area (Å²) in [7, 11) is 0. The molecule has 3 nitrogen and oxygen atoms in total. The Morgan fingerprint density at radius 2 is 2.08 bits per heavy atom. The van der Waals surface area contributed by atoms with Gasteiger partial charge in [0.25, 0.3) is 0 Å². The Labute approximate surface area is 71.4 Å². The van der Waals surface area contributed by atoms with E-state index in [9.17, 15) is 9.59 Å². The van der Waals surface area contributed by atoms with Gasteiger partial charge in [0.2, 0.25) is 0 Å². The predicted molar refractivity (Wildman–Crippen MR) is 43.3 cm³/mol. The fourth-order valence-corrected chi connectivity index (χ4v) is 1.13.